The highest BCUT2D eigenvalue weighted by molar-refractivity contribution is 5.72. The van der Waals surface area contributed by atoms with Crippen molar-refractivity contribution < 1.29 is 0 Å². The number of rotatable bonds is 0. The minimum absolute atomic E-state index is 0.0394. The van der Waals surface area contributed by atoms with Gasteiger partial charge in [-0.1, -0.05) is 6.08 Å². The van der Waals surface area contributed by atoms with E-state index in [1.165, 1.54) is 0 Å². The Bertz CT molecular complexity index is 129. The lowest BCUT2D eigenvalue weighted by Gasteiger charge is -1.91. The second kappa shape index (κ2) is 2.43. The summed E-state index contributed by atoms with van der Waals surface area (Å²) in [6, 6.07) is 0.0394. The molecule has 2 nitrogen and oxygen atoms in total. The van der Waals surface area contributed by atoms with Crippen LogP contribution in [0.2, 0.25) is 0 Å². The van der Waals surface area contributed by atoms with E-state index in [2.05, 4.69) is 4.99 Å². The average Bonchev–Trinajstić information content (AvgIpc) is 1.94. The highest BCUT2D eigenvalue weighted by Crippen LogP contribution is 1.88. The molecular formula is C6H8N2. The third-order valence-electron chi connectivity index (χ3n) is 0.900. The molecule has 2 N–H and O–H groups in total. The van der Waals surface area contributed by atoms with Crippen molar-refractivity contribution in [2.75, 3.05) is 0 Å². The maximum atomic E-state index is 5.48. The van der Waals surface area contributed by atoms with Gasteiger partial charge in [0.2, 0.25) is 0 Å². The van der Waals surface area contributed by atoms with Crippen molar-refractivity contribution >= 4 is 6.21 Å². The molecule has 1 unspecified atom stereocenters. The van der Waals surface area contributed by atoms with Crippen molar-refractivity contribution in [2.45, 2.75) is 6.04 Å². The topological polar surface area (TPSA) is 38.4 Å². The van der Waals surface area contributed by atoms with Crippen LogP contribution in [-0.2, 0) is 0 Å². The number of hydrogen-bond donors (Lipinski definition) is 1. The second-order valence-corrected chi connectivity index (χ2v) is 1.60. The van der Waals surface area contributed by atoms with Gasteiger partial charge in [0.25, 0.3) is 0 Å². The summed E-state index contributed by atoms with van der Waals surface area (Å²) in [5.41, 5.74) is 5.48. The number of allylic oxidation sites excluding steroid dienone is 1. The lowest BCUT2D eigenvalue weighted by molar-refractivity contribution is 1.03. The molecular weight excluding hydrogens is 100 g/mol. The normalized spacial score (nSPS) is 25.9. The van der Waals surface area contributed by atoms with Gasteiger partial charge in [-0.2, -0.15) is 0 Å². The van der Waals surface area contributed by atoms with Gasteiger partial charge in [0.1, 0.15) is 0 Å². The minimum Gasteiger partial charge on any atom is -0.321 e. The van der Waals surface area contributed by atoms with E-state index in [-0.39, 0.29) is 6.04 Å². The molecule has 1 atom stereocenters. The number of hydrogen-bond acceptors (Lipinski definition) is 2. The zero-order valence-corrected chi connectivity index (χ0v) is 4.49. The summed E-state index contributed by atoms with van der Waals surface area (Å²) in [5, 5.41) is 0. The van der Waals surface area contributed by atoms with E-state index < -0.39 is 0 Å². The highest BCUT2D eigenvalue weighted by Gasteiger charge is 1.87. The Balaban J connectivity index is 2.66. The summed E-state index contributed by atoms with van der Waals surface area (Å²) >= 11 is 0. The molecule has 1 rings (SSSR count). The molecule has 2 heteroatoms. The zero-order valence-electron chi connectivity index (χ0n) is 4.49. The third-order valence-corrected chi connectivity index (χ3v) is 0.900. The Labute approximate surface area is 48.4 Å². The molecule has 0 bridgehead atoms. The first kappa shape index (κ1) is 5.25. The number of nitrogens with two attached hydrogens (primary N) is 1. The minimum atomic E-state index is 0.0394. The van der Waals surface area contributed by atoms with Crippen LogP contribution in [0.4, 0.5) is 0 Å². The summed E-state index contributed by atoms with van der Waals surface area (Å²) < 4.78 is 0. The Hall–Kier alpha value is -0.890. The van der Waals surface area contributed by atoms with Crippen LogP contribution in [0.3, 0.4) is 0 Å². The SMILES string of the molecule is NC1C=CC=NC=C1. The zero-order chi connectivity index (χ0) is 5.82. The maximum Gasteiger partial charge on any atom is 0.0431 e. The summed E-state index contributed by atoms with van der Waals surface area (Å²) in [6.07, 6.45) is 8.96. The summed E-state index contributed by atoms with van der Waals surface area (Å²) in [5.74, 6) is 0. The highest BCUT2D eigenvalue weighted by atomic mass is 14.7. The van der Waals surface area contributed by atoms with Crippen LogP contribution >= 0.6 is 0 Å². The van der Waals surface area contributed by atoms with Gasteiger partial charge < -0.3 is 5.73 Å². The smallest absolute Gasteiger partial charge is 0.0431 e. The van der Waals surface area contributed by atoms with Gasteiger partial charge in [0.05, 0.1) is 0 Å². The van der Waals surface area contributed by atoms with E-state index in [0.29, 0.717) is 0 Å². The maximum absolute atomic E-state index is 5.48. The summed E-state index contributed by atoms with van der Waals surface area (Å²) in [4.78, 5) is 3.85. The van der Waals surface area contributed by atoms with Gasteiger partial charge >= 0.3 is 0 Å². The third kappa shape index (κ3) is 1.31. The molecule has 42 valence electrons. The Kier molecular flexibility index (Phi) is 1.59. The quantitative estimate of drug-likeness (QED) is 0.481. The molecule has 1 aliphatic heterocycles. The lowest BCUT2D eigenvalue weighted by atomic mass is 10.3. The molecule has 0 saturated heterocycles. The van der Waals surface area contributed by atoms with E-state index in [1.807, 2.05) is 18.2 Å². The fraction of sp³-hybridized carbons (Fsp3) is 0.167. The van der Waals surface area contributed by atoms with E-state index in [9.17, 15) is 0 Å². The first-order valence-corrected chi connectivity index (χ1v) is 2.52. The van der Waals surface area contributed by atoms with E-state index in [4.69, 9.17) is 5.73 Å². The van der Waals surface area contributed by atoms with Gasteiger partial charge in [-0.25, -0.2) is 0 Å². The summed E-state index contributed by atoms with van der Waals surface area (Å²) in [6.45, 7) is 0. The van der Waals surface area contributed by atoms with Crippen molar-refractivity contribution in [1.29, 1.82) is 0 Å². The molecule has 0 radical (unpaired) electrons. The first-order valence-electron chi connectivity index (χ1n) is 2.52. The molecule has 0 amide bonds. The molecule has 0 saturated carbocycles. The van der Waals surface area contributed by atoms with Gasteiger partial charge in [-0.15, -0.1) is 0 Å². The monoisotopic (exact) mass is 108 g/mol. The van der Waals surface area contributed by atoms with Crippen LogP contribution in [0.1, 0.15) is 0 Å². The Morgan fingerprint density at radius 3 is 3.12 bits per heavy atom. The van der Waals surface area contributed by atoms with E-state index in [1.54, 1.807) is 12.4 Å². The molecule has 0 aromatic heterocycles. The van der Waals surface area contributed by atoms with Gasteiger partial charge in [0, 0.05) is 18.5 Å². The predicted octanol–water partition coefficient (Wildman–Crippen LogP) is 0.468. The molecule has 0 aliphatic carbocycles. The predicted molar refractivity (Wildman–Crippen MR) is 34.7 cm³/mol. The number of nitrogens with zero attached hydrogens (tertiary/aromatic N) is 1. The molecule has 0 spiro atoms. The number of aliphatic imine (C=N–C) groups is 1. The fourth-order valence-corrected chi connectivity index (χ4v) is 0.491. The Morgan fingerprint density at radius 1 is 1.38 bits per heavy atom. The van der Waals surface area contributed by atoms with Crippen LogP contribution in [0, 0.1) is 0 Å². The van der Waals surface area contributed by atoms with Gasteiger partial charge in [0.15, 0.2) is 0 Å². The largest absolute Gasteiger partial charge is 0.321 e. The van der Waals surface area contributed by atoms with Gasteiger partial charge in [-0.3, -0.25) is 4.99 Å². The molecule has 0 aromatic carbocycles. The van der Waals surface area contributed by atoms with E-state index in [0.717, 1.165) is 0 Å². The first-order chi connectivity index (χ1) is 3.89. The average molecular weight is 108 g/mol. The standard InChI is InChI=1S/C6H8N2/c7-6-2-1-4-8-5-3-6/h1-6H,7H2. The van der Waals surface area contributed by atoms with Crippen LogP contribution in [0.5, 0.6) is 0 Å². The van der Waals surface area contributed by atoms with Crippen LogP contribution in [0.25, 0.3) is 0 Å². The molecule has 0 fully saturated rings. The second-order valence-electron chi connectivity index (χ2n) is 1.60. The Morgan fingerprint density at radius 2 is 2.25 bits per heavy atom. The molecule has 8 heavy (non-hydrogen) atoms. The molecule has 1 heterocycles. The van der Waals surface area contributed by atoms with Crippen molar-refractivity contribution in [3.8, 4) is 0 Å². The van der Waals surface area contributed by atoms with Gasteiger partial charge in [-0.05, 0) is 12.2 Å². The molecule has 1 aliphatic rings. The van der Waals surface area contributed by atoms with Crippen molar-refractivity contribution in [3.05, 3.63) is 24.4 Å². The van der Waals surface area contributed by atoms with Crippen molar-refractivity contribution in [1.82, 2.24) is 0 Å². The summed E-state index contributed by atoms with van der Waals surface area (Å²) in [7, 11) is 0. The van der Waals surface area contributed by atoms with Crippen LogP contribution < -0.4 is 5.73 Å². The molecule has 0 aromatic rings. The van der Waals surface area contributed by atoms with Crippen molar-refractivity contribution in [2.24, 2.45) is 10.7 Å². The fourth-order valence-electron chi connectivity index (χ4n) is 0.491. The van der Waals surface area contributed by atoms with Crippen LogP contribution in [0.15, 0.2) is 29.4 Å². The lowest BCUT2D eigenvalue weighted by Crippen LogP contribution is -2.11. The van der Waals surface area contributed by atoms with Crippen molar-refractivity contribution in [3.63, 3.8) is 0 Å². The van der Waals surface area contributed by atoms with Crippen LogP contribution in [-0.4, -0.2) is 12.3 Å². The van der Waals surface area contributed by atoms with E-state index >= 15 is 0 Å².